The molecule has 3 rings (SSSR count). The number of benzene rings is 1. The van der Waals surface area contributed by atoms with E-state index in [0.717, 1.165) is 29.9 Å². The number of amides is 3. The predicted octanol–water partition coefficient (Wildman–Crippen LogP) is 1.87. The SMILES string of the molecule is O=C(CN1C(=O)S/C(=C/c2cc([N+](=O)[O-])cc([N+](=O)[O-])c2O)C1=O)N1CCCC1. The second kappa shape index (κ2) is 7.87. The Balaban J connectivity index is 1.90. The van der Waals surface area contributed by atoms with E-state index < -0.39 is 44.7 Å². The van der Waals surface area contributed by atoms with Gasteiger partial charge in [-0.05, 0) is 30.7 Å². The number of nitrogens with zero attached hydrogens (tertiary/aromatic N) is 4. The number of phenols is 1. The molecule has 0 aromatic heterocycles. The maximum absolute atomic E-state index is 12.5. The van der Waals surface area contributed by atoms with Crippen LogP contribution in [0.3, 0.4) is 0 Å². The largest absolute Gasteiger partial charge is 0.502 e. The first-order valence-corrected chi connectivity index (χ1v) is 9.19. The van der Waals surface area contributed by atoms with Gasteiger partial charge in [-0.3, -0.25) is 39.5 Å². The summed E-state index contributed by atoms with van der Waals surface area (Å²) >= 11 is 0.475. The third-order valence-corrected chi connectivity index (χ3v) is 5.33. The molecule has 12 nitrogen and oxygen atoms in total. The zero-order chi connectivity index (χ0) is 21.3. The van der Waals surface area contributed by atoms with Crippen LogP contribution in [0.4, 0.5) is 16.2 Å². The second-order valence-corrected chi connectivity index (χ2v) is 7.27. The molecule has 0 spiro atoms. The zero-order valence-corrected chi connectivity index (χ0v) is 15.6. The molecule has 2 heterocycles. The highest BCUT2D eigenvalue weighted by Crippen LogP contribution is 2.39. The van der Waals surface area contributed by atoms with Gasteiger partial charge in [0.05, 0.1) is 20.8 Å². The minimum atomic E-state index is -1.000. The van der Waals surface area contributed by atoms with E-state index in [1.165, 1.54) is 0 Å². The van der Waals surface area contributed by atoms with Crippen molar-refractivity contribution in [2.24, 2.45) is 0 Å². The van der Waals surface area contributed by atoms with Gasteiger partial charge in [0.25, 0.3) is 16.8 Å². The van der Waals surface area contributed by atoms with Crippen molar-refractivity contribution in [1.29, 1.82) is 0 Å². The first-order chi connectivity index (χ1) is 13.7. The number of rotatable bonds is 5. The summed E-state index contributed by atoms with van der Waals surface area (Å²) in [6, 6.07) is 1.44. The second-order valence-electron chi connectivity index (χ2n) is 6.27. The number of nitro benzene ring substituents is 2. The molecule has 2 aliphatic heterocycles. The van der Waals surface area contributed by atoms with Crippen molar-refractivity contribution in [1.82, 2.24) is 9.80 Å². The van der Waals surface area contributed by atoms with Crippen molar-refractivity contribution in [2.75, 3.05) is 19.6 Å². The number of non-ortho nitro benzene ring substituents is 1. The lowest BCUT2D eigenvalue weighted by atomic mass is 10.1. The standard InChI is InChI=1S/C16H14N4O8S/c21-13(17-3-1-2-4-17)8-18-15(23)12(29-16(18)24)6-9-5-10(19(25)26)7-11(14(9)22)20(27)28/h5-7,22H,1-4,8H2/b12-6+. The molecule has 29 heavy (non-hydrogen) atoms. The molecule has 1 aromatic rings. The summed E-state index contributed by atoms with van der Waals surface area (Å²) in [6.07, 6.45) is 2.65. The van der Waals surface area contributed by atoms with Crippen LogP contribution in [0.1, 0.15) is 18.4 Å². The van der Waals surface area contributed by atoms with Crippen molar-refractivity contribution in [3.63, 3.8) is 0 Å². The molecule has 0 atom stereocenters. The Kier molecular flexibility index (Phi) is 5.50. The number of carbonyl (C=O) groups excluding carboxylic acids is 3. The fourth-order valence-corrected chi connectivity index (χ4v) is 3.79. The molecule has 0 saturated carbocycles. The summed E-state index contributed by atoms with van der Waals surface area (Å²) in [5.41, 5.74) is -1.93. The summed E-state index contributed by atoms with van der Waals surface area (Å²) in [4.78, 5) is 59.1. The maximum Gasteiger partial charge on any atom is 0.318 e. The van der Waals surface area contributed by atoms with Crippen LogP contribution < -0.4 is 0 Å². The van der Waals surface area contributed by atoms with E-state index in [9.17, 15) is 39.7 Å². The number of carbonyl (C=O) groups is 3. The van der Waals surface area contributed by atoms with E-state index in [1.807, 2.05) is 0 Å². The average Bonchev–Trinajstić information content (AvgIpc) is 3.28. The minimum Gasteiger partial charge on any atom is -0.502 e. The Morgan fingerprint density at radius 2 is 1.83 bits per heavy atom. The van der Waals surface area contributed by atoms with Gasteiger partial charge in [0.1, 0.15) is 6.54 Å². The Labute approximate surface area is 167 Å². The molecule has 2 saturated heterocycles. The molecule has 1 N–H and O–H groups in total. The monoisotopic (exact) mass is 422 g/mol. The summed E-state index contributed by atoms with van der Waals surface area (Å²) in [5.74, 6) is -2.07. The topological polar surface area (TPSA) is 164 Å². The van der Waals surface area contributed by atoms with Gasteiger partial charge in [-0.25, -0.2) is 0 Å². The summed E-state index contributed by atoms with van der Waals surface area (Å²) in [6.45, 7) is 0.662. The first kappa shape index (κ1) is 20.3. The fraction of sp³-hybridized carbons (Fsp3) is 0.312. The summed E-state index contributed by atoms with van der Waals surface area (Å²) in [5, 5.41) is 31.4. The van der Waals surface area contributed by atoms with Crippen LogP contribution in [-0.2, 0) is 9.59 Å². The van der Waals surface area contributed by atoms with Gasteiger partial charge in [0.15, 0.2) is 0 Å². The third-order valence-electron chi connectivity index (χ3n) is 4.42. The lowest BCUT2D eigenvalue weighted by molar-refractivity contribution is -0.394. The Bertz CT molecular complexity index is 970. The van der Waals surface area contributed by atoms with E-state index in [1.54, 1.807) is 4.90 Å². The van der Waals surface area contributed by atoms with Crippen LogP contribution >= 0.6 is 11.8 Å². The van der Waals surface area contributed by atoms with Crippen LogP contribution in [0.15, 0.2) is 17.0 Å². The zero-order valence-electron chi connectivity index (χ0n) is 14.8. The van der Waals surface area contributed by atoms with Gasteiger partial charge >= 0.3 is 5.69 Å². The van der Waals surface area contributed by atoms with Crippen LogP contribution in [0.2, 0.25) is 0 Å². The molecule has 0 aliphatic carbocycles. The Hall–Kier alpha value is -3.48. The molecular weight excluding hydrogens is 408 g/mol. The van der Waals surface area contributed by atoms with E-state index in [2.05, 4.69) is 0 Å². The van der Waals surface area contributed by atoms with Gasteiger partial charge in [-0.15, -0.1) is 0 Å². The smallest absolute Gasteiger partial charge is 0.318 e. The van der Waals surface area contributed by atoms with E-state index >= 15 is 0 Å². The Morgan fingerprint density at radius 1 is 1.17 bits per heavy atom. The fourth-order valence-electron chi connectivity index (χ4n) is 2.96. The molecule has 152 valence electrons. The van der Waals surface area contributed by atoms with Crippen molar-refractivity contribution >= 4 is 46.3 Å². The number of aromatic hydroxyl groups is 1. The van der Waals surface area contributed by atoms with Gasteiger partial charge in [-0.1, -0.05) is 0 Å². The van der Waals surface area contributed by atoms with Crippen LogP contribution in [0.5, 0.6) is 5.75 Å². The summed E-state index contributed by atoms with van der Waals surface area (Å²) in [7, 11) is 0. The molecule has 13 heteroatoms. The van der Waals surface area contributed by atoms with Gasteiger partial charge in [0.2, 0.25) is 11.7 Å². The molecule has 0 bridgehead atoms. The van der Waals surface area contributed by atoms with Gasteiger partial charge < -0.3 is 10.0 Å². The average molecular weight is 422 g/mol. The van der Waals surface area contributed by atoms with Gasteiger partial charge in [0, 0.05) is 24.7 Å². The minimum absolute atomic E-state index is 0.214. The number of thioether (sulfide) groups is 1. The summed E-state index contributed by atoms with van der Waals surface area (Å²) < 4.78 is 0. The van der Waals surface area contributed by atoms with Crippen molar-refractivity contribution in [3.05, 3.63) is 42.8 Å². The van der Waals surface area contributed by atoms with E-state index in [4.69, 9.17) is 0 Å². The highest BCUT2D eigenvalue weighted by atomic mass is 32.2. The van der Waals surface area contributed by atoms with Crippen molar-refractivity contribution < 1.29 is 29.3 Å². The van der Waals surface area contributed by atoms with Crippen molar-refractivity contribution in [3.8, 4) is 5.75 Å². The quantitative estimate of drug-likeness (QED) is 0.423. The molecule has 3 amide bonds. The van der Waals surface area contributed by atoms with Crippen molar-refractivity contribution in [2.45, 2.75) is 12.8 Å². The molecule has 1 aromatic carbocycles. The number of nitro groups is 2. The number of hydrogen-bond acceptors (Lipinski definition) is 9. The lowest BCUT2D eigenvalue weighted by Crippen LogP contribution is -2.40. The molecule has 0 unspecified atom stereocenters. The van der Waals surface area contributed by atoms with Crippen LogP contribution in [-0.4, -0.2) is 61.4 Å². The normalized spacial score (nSPS) is 18.0. The van der Waals surface area contributed by atoms with E-state index in [-0.39, 0.29) is 16.4 Å². The molecular formula is C16H14N4O8S. The highest BCUT2D eigenvalue weighted by molar-refractivity contribution is 8.18. The third kappa shape index (κ3) is 4.03. The van der Waals surface area contributed by atoms with Crippen LogP contribution in [0, 0.1) is 20.2 Å². The number of likely N-dealkylation sites (tertiary alicyclic amines) is 1. The predicted molar refractivity (Wildman–Crippen MR) is 99.9 cm³/mol. The number of imide groups is 1. The molecule has 0 radical (unpaired) electrons. The molecule has 2 aliphatic rings. The molecule has 2 fully saturated rings. The first-order valence-electron chi connectivity index (χ1n) is 8.38. The maximum atomic E-state index is 12.5. The van der Waals surface area contributed by atoms with Gasteiger partial charge in [-0.2, -0.15) is 0 Å². The number of phenolic OH excluding ortho intramolecular Hbond substituents is 1. The Morgan fingerprint density at radius 3 is 2.41 bits per heavy atom. The van der Waals surface area contributed by atoms with E-state index in [0.29, 0.717) is 30.9 Å². The lowest BCUT2D eigenvalue weighted by Gasteiger charge is -2.18. The highest BCUT2D eigenvalue weighted by Gasteiger charge is 2.38. The van der Waals surface area contributed by atoms with Crippen LogP contribution in [0.25, 0.3) is 6.08 Å². The number of hydrogen-bond donors (Lipinski definition) is 1.